The third-order valence-corrected chi connectivity index (χ3v) is 2.41. The highest BCUT2D eigenvalue weighted by atomic mass is 16.5. The Morgan fingerprint density at radius 3 is 2.64 bits per heavy atom. The molecule has 1 saturated heterocycles. The highest BCUT2D eigenvalue weighted by Crippen LogP contribution is 2.11. The SMILES string of the molecule is CCOCCOC1CCN(C=O)CC1. The van der Waals surface area contributed by atoms with E-state index in [1.54, 1.807) is 4.90 Å². The van der Waals surface area contributed by atoms with Gasteiger partial charge in [-0.25, -0.2) is 0 Å². The number of carbonyl (C=O) groups is 1. The maximum atomic E-state index is 10.4. The van der Waals surface area contributed by atoms with Crippen molar-refractivity contribution in [3.05, 3.63) is 0 Å². The van der Waals surface area contributed by atoms with E-state index in [0.717, 1.165) is 38.9 Å². The summed E-state index contributed by atoms with van der Waals surface area (Å²) in [5.41, 5.74) is 0. The Hall–Kier alpha value is -0.610. The van der Waals surface area contributed by atoms with Crippen molar-refractivity contribution in [2.24, 2.45) is 0 Å². The average molecular weight is 201 g/mol. The average Bonchev–Trinajstić information content (AvgIpc) is 2.25. The number of carbonyl (C=O) groups excluding carboxylic acids is 1. The van der Waals surface area contributed by atoms with Crippen molar-refractivity contribution in [2.45, 2.75) is 25.9 Å². The Morgan fingerprint density at radius 2 is 2.07 bits per heavy atom. The summed E-state index contributed by atoms with van der Waals surface area (Å²) >= 11 is 0. The zero-order chi connectivity index (χ0) is 10.2. The molecule has 0 aromatic heterocycles. The lowest BCUT2D eigenvalue weighted by Crippen LogP contribution is -2.36. The Kier molecular flexibility index (Phi) is 5.56. The minimum absolute atomic E-state index is 0.312. The van der Waals surface area contributed by atoms with Gasteiger partial charge >= 0.3 is 0 Å². The molecule has 0 bridgehead atoms. The van der Waals surface area contributed by atoms with E-state index < -0.39 is 0 Å². The van der Waals surface area contributed by atoms with E-state index in [1.807, 2.05) is 6.92 Å². The quantitative estimate of drug-likeness (QED) is 0.468. The molecule has 0 N–H and O–H groups in total. The zero-order valence-electron chi connectivity index (χ0n) is 8.78. The molecule has 1 rings (SSSR count). The third-order valence-electron chi connectivity index (χ3n) is 2.41. The van der Waals surface area contributed by atoms with Crippen LogP contribution in [0.5, 0.6) is 0 Å². The van der Waals surface area contributed by atoms with Crippen molar-refractivity contribution < 1.29 is 14.3 Å². The van der Waals surface area contributed by atoms with E-state index in [-0.39, 0.29) is 0 Å². The molecule has 1 aliphatic rings. The van der Waals surface area contributed by atoms with Crippen LogP contribution in [0.15, 0.2) is 0 Å². The van der Waals surface area contributed by atoms with E-state index in [9.17, 15) is 4.79 Å². The Labute approximate surface area is 85.2 Å². The molecule has 0 aromatic carbocycles. The summed E-state index contributed by atoms with van der Waals surface area (Å²) in [6, 6.07) is 0. The van der Waals surface area contributed by atoms with E-state index in [4.69, 9.17) is 9.47 Å². The summed E-state index contributed by atoms with van der Waals surface area (Å²) in [7, 11) is 0. The summed E-state index contributed by atoms with van der Waals surface area (Å²) in [6.07, 6.45) is 3.12. The fraction of sp³-hybridized carbons (Fsp3) is 0.900. The van der Waals surface area contributed by atoms with Crippen LogP contribution in [-0.2, 0) is 14.3 Å². The van der Waals surface area contributed by atoms with Gasteiger partial charge in [-0.2, -0.15) is 0 Å². The summed E-state index contributed by atoms with van der Waals surface area (Å²) in [6.45, 7) is 5.70. The highest BCUT2D eigenvalue weighted by molar-refractivity contribution is 5.47. The van der Waals surface area contributed by atoms with Crippen molar-refractivity contribution in [3.8, 4) is 0 Å². The van der Waals surface area contributed by atoms with Gasteiger partial charge in [0.15, 0.2) is 0 Å². The second kappa shape index (κ2) is 6.79. The molecule has 82 valence electrons. The number of hydrogen-bond donors (Lipinski definition) is 0. The van der Waals surface area contributed by atoms with Crippen LogP contribution >= 0.6 is 0 Å². The van der Waals surface area contributed by atoms with Crippen LogP contribution in [-0.4, -0.2) is 50.3 Å². The number of nitrogens with zero attached hydrogens (tertiary/aromatic N) is 1. The van der Waals surface area contributed by atoms with Gasteiger partial charge in [0, 0.05) is 19.7 Å². The van der Waals surface area contributed by atoms with Crippen LogP contribution in [0, 0.1) is 0 Å². The predicted octanol–water partition coefficient (Wildman–Crippen LogP) is 0.660. The summed E-state index contributed by atoms with van der Waals surface area (Å²) in [5.74, 6) is 0. The van der Waals surface area contributed by atoms with Crippen LogP contribution in [0.4, 0.5) is 0 Å². The van der Waals surface area contributed by atoms with Crippen LogP contribution in [0.3, 0.4) is 0 Å². The van der Waals surface area contributed by atoms with E-state index in [2.05, 4.69) is 0 Å². The van der Waals surface area contributed by atoms with E-state index in [1.165, 1.54) is 0 Å². The van der Waals surface area contributed by atoms with Gasteiger partial charge in [-0.15, -0.1) is 0 Å². The maximum absolute atomic E-state index is 10.4. The van der Waals surface area contributed by atoms with Gasteiger partial charge in [-0.05, 0) is 19.8 Å². The number of amides is 1. The molecule has 0 saturated carbocycles. The summed E-state index contributed by atoms with van der Waals surface area (Å²) in [5, 5.41) is 0. The van der Waals surface area contributed by atoms with Gasteiger partial charge in [0.2, 0.25) is 6.41 Å². The zero-order valence-corrected chi connectivity index (χ0v) is 8.78. The van der Waals surface area contributed by atoms with Crippen LogP contribution in [0.1, 0.15) is 19.8 Å². The first kappa shape index (κ1) is 11.5. The fourth-order valence-electron chi connectivity index (χ4n) is 1.57. The molecule has 1 amide bonds. The lowest BCUT2D eigenvalue weighted by molar-refractivity contribution is -0.120. The fourth-order valence-corrected chi connectivity index (χ4v) is 1.57. The first-order valence-corrected chi connectivity index (χ1v) is 5.25. The standard InChI is InChI=1S/C10H19NO3/c1-2-13-7-8-14-10-3-5-11(9-12)6-4-10/h9-10H,2-8H2,1H3. The smallest absolute Gasteiger partial charge is 0.209 e. The van der Waals surface area contributed by atoms with Gasteiger partial charge in [0.25, 0.3) is 0 Å². The topological polar surface area (TPSA) is 38.8 Å². The molecule has 0 radical (unpaired) electrons. The van der Waals surface area contributed by atoms with Gasteiger partial charge in [0.1, 0.15) is 0 Å². The van der Waals surface area contributed by atoms with Crippen molar-refractivity contribution in [2.75, 3.05) is 32.9 Å². The maximum Gasteiger partial charge on any atom is 0.209 e. The summed E-state index contributed by atoms with van der Waals surface area (Å²) in [4.78, 5) is 12.2. The lowest BCUT2D eigenvalue weighted by atomic mass is 10.1. The monoisotopic (exact) mass is 201 g/mol. The first-order chi connectivity index (χ1) is 6.86. The molecule has 4 heteroatoms. The Bertz CT molecular complexity index is 155. The lowest BCUT2D eigenvalue weighted by Gasteiger charge is -2.29. The van der Waals surface area contributed by atoms with Crippen LogP contribution < -0.4 is 0 Å². The van der Waals surface area contributed by atoms with Crippen LogP contribution in [0.2, 0.25) is 0 Å². The molecule has 4 nitrogen and oxygen atoms in total. The minimum atomic E-state index is 0.312. The normalized spacial score (nSPS) is 18.5. The number of hydrogen-bond acceptors (Lipinski definition) is 3. The molecular weight excluding hydrogens is 182 g/mol. The molecule has 14 heavy (non-hydrogen) atoms. The van der Waals surface area contributed by atoms with Crippen LogP contribution in [0.25, 0.3) is 0 Å². The predicted molar refractivity (Wildman–Crippen MR) is 53.1 cm³/mol. The molecule has 1 aliphatic heterocycles. The van der Waals surface area contributed by atoms with Crippen molar-refractivity contribution in [1.82, 2.24) is 4.90 Å². The molecule has 0 unspecified atom stereocenters. The van der Waals surface area contributed by atoms with E-state index in [0.29, 0.717) is 19.3 Å². The largest absolute Gasteiger partial charge is 0.379 e. The highest BCUT2D eigenvalue weighted by Gasteiger charge is 2.17. The van der Waals surface area contributed by atoms with Gasteiger partial charge in [0.05, 0.1) is 19.3 Å². The Balaban J connectivity index is 2.01. The number of ether oxygens (including phenoxy) is 2. The van der Waals surface area contributed by atoms with E-state index >= 15 is 0 Å². The van der Waals surface area contributed by atoms with Crippen molar-refractivity contribution in [1.29, 1.82) is 0 Å². The Morgan fingerprint density at radius 1 is 1.36 bits per heavy atom. The van der Waals surface area contributed by atoms with Crippen molar-refractivity contribution in [3.63, 3.8) is 0 Å². The first-order valence-electron chi connectivity index (χ1n) is 5.25. The number of piperidine rings is 1. The third kappa shape index (κ3) is 4.07. The molecule has 0 aromatic rings. The summed E-state index contributed by atoms with van der Waals surface area (Å²) < 4.78 is 10.8. The van der Waals surface area contributed by atoms with Gasteiger partial charge in [-0.1, -0.05) is 0 Å². The van der Waals surface area contributed by atoms with Gasteiger partial charge < -0.3 is 14.4 Å². The molecule has 1 heterocycles. The second-order valence-corrected chi connectivity index (χ2v) is 3.41. The number of likely N-dealkylation sites (tertiary alicyclic amines) is 1. The molecule has 1 fully saturated rings. The minimum Gasteiger partial charge on any atom is -0.379 e. The number of rotatable bonds is 6. The molecular formula is C10H19NO3. The second-order valence-electron chi connectivity index (χ2n) is 3.41. The molecule has 0 atom stereocenters. The molecule has 0 aliphatic carbocycles. The van der Waals surface area contributed by atoms with Crippen molar-refractivity contribution >= 4 is 6.41 Å². The molecule has 0 spiro atoms. The van der Waals surface area contributed by atoms with Gasteiger partial charge in [-0.3, -0.25) is 4.79 Å².